The lowest BCUT2D eigenvalue weighted by Gasteiger charge is -2.25. The molecule has 2 heterocycles. The average molecular weight is 440 g/mol. The van der Waals surface area contributed by atoms with Crippen molar-refractivity contribution in [1.82, 2.24) is 0 Å². The van der Waals surface area contributed by atoms with Crippen LogP contribution in [0.2, 0.25) is 10.0 Å². The molecule has 7 heteroatoms. The lowest BCUT2D eigenvalue weighted by molar-refractivity contribution is 0.0971. The van der Waals surface area contributed by atoms with Crippen LogP contribution < -0.4 is 10.3 Å². The van der Waals surface area contributed by atoms with Crippen molar-refractivity contribution in [2.75, 3.05) is 4.90 Å². The van der Waals surface area contributed by atoms with Gasteiger partial charge < -0.3 is 4.42 Å². The Balaban J connectivity index is 1.83. The van der Waals surface area contributed by atoms with E-state index in [1.54, 1.807) is 48.5 Å². The van der Waals surface area contributed by atoms with Gasteiger partial charge in [-0.1, -0.05) is 41.4 Å². The van der Waals surface area contributed by atoms with E-state index in [1.165, 1.54) is 17.0 Å². The first-order valence-corrected chi connectivity index (χ1v) is 9.80. The smallest absolute Gasteiger partial charge is 0.295 e. The molecule has 4 nitrogen and oxygen atoms in total. The third-order valence-electron chi connectivity index (χ3n) is 5.10. The fourth-order valence-electron chi connectivity index (χ4n) is 3.80. The van der Waals surface area contributed by atoms with Crippen LogP contribution >= 0.6 is 23.2 Å². The Morgan fingerprint density at radius 3 is 2.40 bits per heavy atom. The van der Waals surface area contributed by atoms with Crippen molar-refractivity contribution in [1.29, 1.82) is 0 Å². The molecule has 1 aliphatic rings. The quantitative estimate of drug-likeness (QED) is 0.385. The summed E-state index contributed by atoms with van der Waals surface area (Å²) in [6.45, 7) is 0. The third kappa shape index (κ3) is 2.90. The highest BCUT2D eigenvalue weighted by molar-refractivity contribution is 6.31. The zero-order valence-corrected chi connectivity index (χ0v) is 16.7. The number of rotatable bonds is 2. The Labute approximate surface area is 180 Å². The first kappa shape index (κ1) is 18.9. The van der Waals surface area contributed by atoms with Gasteiger partial charge in [0.25, 0.3) is 5.91 Å². The van der Waals surface area contributed by atoms with Crippen molar-refractivity contribution in [2.24, 2.45) is 0 Å². The number of hydrogen-bond donors (Lipinski definition) is 0. The van der Waals surface area contributed by atoms with Gasteiger partial charge in [-0.05, 0) is 54.1 Å². The van der Waals surface area contributed by atoms with Gasteiger partial charge in [0.05, 0.1) is 17.0 Å². The molecule has 0 fully saturated rings. The van der Waals surface area contributed by atoms with Crippen LogP contribution in [0.15, 0.2) is 75.9 Å². The molecule has 1 atom stereocenters. The van der Waals surface area contributed by atoms with E-state index in [0.29, 0.717) is 21.3 Å². The molecule has 0 N–H and O–H groups in total. The fraction of sp³-hybridized carbons (Fsp3) is 0.0435. The Hall–Kier alpha value is -3.15. The minimum atomic E-state index is -0.771. The fourth-order valence-corrected chi connectivity index (χ4v) is 4.11. The minimum Gasteiger partial charge on any atom is -0.450 e. The van der Waals surface area contributed by atoms with E-state index >= 15 is 0 Å². The molecule has 0 radical (unpaired) electrons. The molecule has 1 amide bonds. The molecule has 148 valence electrons. The standard InChI is InChI=1S/C23H12Cl2FNO3/c24-13-6-4-12(5-7-13)20-19-21(28)17-11-15(26)8-9-18(17)30-22(19)23(29)27(20)16-3-1-2-14(25)10-16/h1-11,20H. The summed E-state index contributed by atoms with van der Waals surface area (Å²) in [5.74, 6) is -1.11. The number of carbonyl (C=O) groups excluding carboxylic acids is 1. The van der Waals surface area contributed by atoms with E-state index in [1.807, 2.05) is 0 Å². The maximum Gasteiger partial charge on any atom is 0.295 e. The molecule has 4 aromatic rings. The van der Waals surface area contributed by atoms with Gasteiger partial charge in [-0.2, -0.15) is 0 Å². The molecular formula is C23H12Cl2FNO3. The molecule has 0 spiro atoms. The monoisotopic (exact) mass is 439 g/mol. The molecule has 0 aliphatic carbocycles. The van der Waals surface area contributed by atoms with Crippen molar-refractivity contribution in [3.05, 3.63) is 110 Å². The van der Waals surface area contributed by atoms with Crippen molar-refractivity contribution >= 4 is 45.8 Å². The van der Waals surface area contributed by atoms with E-state index in [2.05, 4.69) is 0 Å². The summed E-state index contributed by atoms with van der Waals surface area (Å²) < 4.78 is 19.6. The number of amides is 1. The predicted octanol–water partition coefficient (Wildman–Crippen LogP) is 5.99. The Kier molecular flexibility index (Phi) is 4.38. The average Bonchev–Trinajstić information content (AvgIpc) is 3.02. The molecule has 0 saturated heterocycles. The molecular weight excluding hydrogens is 428 g/mol. The molecule has 0 saturated carbocycles. The molecule has 1 unspecified atom stereocenters. The lowest BCUT2D eigenvalue weighted by atomic mass is 9.98. The van der Waals surface area contributed by atoms with Crippen LogP contribution in [0.4, 0.5) is 10.1 Å². The zero-order chi connectivity index (χ0) is 21.0. The highest BCUT2D eigenvalue weighted by Gasteiger charge is 2.43. The number of anilines is 1. The van der Waals surface area contributed by atoms with Gasteiger partial charge in [0, 0.05) is 15.7 Å². The molecule has 1 aromatic heterocycles. The van der Waals surface area contributed by atoms with Crippen LogP contribution in [0.25, 0.3) is 11.0 Å². The van der Waals surface area contributed by atoms with Gasteiger partial charge in [0.15, 0.2) is 5.43 Å². The van der Waals surface area contributed by atoms with Crippen molar-refractivity contribution < 1.29 is 13.6 Å². The van der Waals surface area contributed by atoms with Crippen LogP contribution in [0.1, 0.15) is 27.7 Å². The molecule has 3 aromatic carbocycles. The van der Waals surface area contributed by atoms with Crippen LogP contribution in [0.5, 0.6) is 0 Å². The second-order valence-corrected chi connectivity index (χ2v) is 7.80. The predicted molar refractivity (Wildman–Crippen MR) is 114 cm³/mol. The SMILES string of the molecule is O=C1c2oc3ccc(F)cc3c(=O)c2C(c2ccc(Cl)cc2)N1c1cccc(Cl)c1. The summed E-state index contributed by atoms with van der Waals surface area (Å²) in [6, 6.07) is 16.5. The number of carbonyl (C=O) groups is 1. The maximum atomic E-state index is 13.8. The normalized spacial score (nSPS) is 15.6. The first-order valence-electron chi connectivity index (χ1n) is 9.05. The van der Waals surface area contributed by atoms with E-state index in [0.717, 1.165) is 6.07 Å². The van der Waals surface area contributed by atoms with Crippen LogP contribution in [0.3, 0.4) is 0 Å². The molecule has 30 heavy (non-hydrogen) atoms. The summed E-state index contributed by atoms with van der Waals surface area (Å²) in [4.78, 5) is 28.2. The number of fused-ring (bicyclic) bond motifs is 2. The van der Waals surface area contributed by atoms with Crippen LogP contribution in [-0.4, -0.2) is 5.91 Å². The first-order chi connectivity index (χ1) is 14.4. The molecule has 1 aliphatic heterocycles. The Morgan fingerprint density at radius 1 is 0.900 bits per heavy atom. The number of hydrogen-bond acceptors (Lipinski definition) is 3. The number of nitrogens with zero attached hydrogens (tertiary/aromatic N) is 1. The van der Waals surface area contributed by atoms with Gasteiger partial charge >= 0.3 is 0 Å². The van der Waals surface area contributed by atoms with Gasteiger partial charge in [0.2, 0.25) is 5.76 Å². The summed E-state index contributed by atoms with van der Waals surface area (Å²) in [7, 11) is 0. The van der Waals surface area contributed by atoms with Crippen molar-refractivity contribution in [3.63, 3.8) is 0 Å². The van der Waals surface area contributed by atoms with E-state index in [-0.39, 0.29) is 22.3 Å². The van der Waals surface area contributed by atoms with E-state index < -0.39 is 23.2 Å². The largest absolute Gasteiger partial charge is 0.450 e. The van der Waals surface area contributed by atoms with Gasteiger partial charge in [-0.25, -0.2) is 4.39 Å². The zero-order valence-electron chi connectivity index (χ0n) is 15.2. The maximum absolute atomic E-state index is 13.8. The number of benzene rings is 3. The van der Waals surface area contributed by atoms with Crippen molar-refractivity contribution in [3.8, 4) is 0 Å². The van der Waals surface area contributed by atoms with Crippen LogP contribution in [-0.2, 0) is 0 Å². The van der Waals surface area contributed by atoms with E-state index in [9.17, 15) is 14.0 Å². The second-order valence-electron chi connectivity index (χ2n) is 6.92. The van der Waals surface area contributed by atoms with Gasteiger partial charge in [-0.15, -0.1) is 0 Å². The lowest BCUT2D eigenvalue weighted by Crippen LogP contribution is -2.29. The van der Waals surface area contributed by atoms with E-state index in [4.69, 9.17) is 27.6 Å². The molecule has 0 bridgehead atoms. The van der Waals surface area contributed by atoms with Crippen LogP contribution in [0, 0.1) is 5.82 Å². The Bertz CT molecular complexity index is 1380. The number of halogens is 3. The summed E-state index contributed by atoms with van der Waals surface area (Å²) >= 11 is 12.2. The summed E-state index contributed by atoms with van der Waals surface area (Å²) in [5.41, 5.74) is 1.02. The van der Waals surface area contributed by atoms with Gasteiger partial charge in [0.1, 0.15) is 11.4 Å². The minimum absolute atomic E-state index is 0.0703. The third-order valence-corrected chi connectivity index (χ3v) is 5.59. The summed E-state index contributed by atoms with van der Waals surface area (Å²) in [6.07, 6.45) is 0. The second kappa shape index (κ2) is 6.97. The van der Waals surface area contributed by atoms with Crippen molar-refractivity contribution in [2.45, 2.75) is 6.04 Å². The highest BCUT2D eigenvalue weighted by atomic mass is 35.5. The summed E-state index contributed by atoms with van der Waals surface area (Å²) in [5, 5.41) is 1.04. The van der Waals surface area contributed by atoms with Gasteiger partial charge in [-0.3, -0.25) is 14.5 Å². The topological polar surface area (TPSA) is 50.5 Å². The Morgan fingerprint density at radius 2 is 1.67 bits per heavy atom. The molecule has 5 rings (SSSR count). The highest BCUT2D eigenvalue weighted by Crippen LogP contribution is 2.41.